The topological polar surface area (TPSA) is 54.7 Å². The van der Waals surface area contributed by atoms with Crippen molar-refractivity contribution in [2.24, 2.45) is 5.73 Å². The molecule has 0 aliphatic rings. The van der Waals surface area contributed by atoms with Crippen LogP contribution in [0.15, 0.2) is 18.3 Å². The van der Waals surface area contributed by atoms with Crippen molar-refractivity contribution >= 4 is 22.5 Å². The average Bonchev–Trinajstić information content (AvgIpc) is 2.49. The average molecular weight is 182 g/mol. The second-order valence-corrected chi connectivity index (χ2v) is 3.01. The van der Waals surface area contributed by atoms with Crippen LogP contribution in [0, 0.1) is 0 Å². The van der Waals surface area contributed by atoms with Crippen LogP contribution in [-0.2, 0) is 6.54 Å². The fourth-order valence-electron chi connectivity index (χ4n) is 1.17. The van der Waals surface area contributed by atoms with Crippen LogP contribution < -0.4 is 5.73 Å². The number of hydrogen-bond acceptors (Lipinski definition) is 2. The van der Waals surface area contributed by atoms with Gasteiger partial charge < -0.3 is 5.73 Å². The van der Waals surface area contributed by atoms with Crippen LogP contribution in [0.5, 0.6) is 0 Å². The Hall–Kier alpha value is -1.06. The molecule has 1 aromatic heterocycles. The van der Waals surface area contributed by atoms with E-state index in [2.05, 4.69) is 10.2 Å². The molecule has 4 heteroatoms. The lowest BCUT2D eigenvalue weighted by Crippen LogP contribution is -1.96. The highest BCUT2D eigenvalue weighted by atomic mass is 35.5. The molecule has 3 nitrogen and oxygen atoms in total. The molecule has 0 bridgehead atoms. The first kappa shape index (κ1) is 7.58. The van der Waals surface area contributed by atoms with Gasteiger partial charge in [0.25, 0.3) is 0 Å². The number of halogens is 1. The third-order valence-corrected chi connectivity index (χ3v) is 2.18. The highest BCUT2D eigenvalue weighted by Gasteiger charge is 2.01. The lowest BCUT2D eigenvalue weighted by molar-refractivity contribution is 1.08. The number of benzene rings is 1. The van der Waals surface area contributed by atoms with E-state index in [1.165, 1.54) is 0 Å². The zero-order chi connectivity index (χ0) is 8.55. The quantitative estimate of drug-likeness (QED) is 0.703. The predicted octanol–water partition coefficient (Wildman–Crippen LogP) is 1.67. The standard InChI is InChI=1S/C8H8ClN3/c9-7-2-8-6(4-11-12-8)1-5(7)3-10/h1-2,4H,3,10H2,(H,11,12). The maximum Gasteiger partial charge on any atom is 0.0665 e. The zero-order valence-electron chi connectivity index (χ0n) is 6.34. The first-order chi connectivity index (χ1) is 5.81. The van der Waals surface area contributed by atoms with E-state index in [-0.39, 0.29) is 0 Å². The number of aromatic nitrogens is 2. The number of H-pyrrole nitrogens is 1. The van der Waals surface area contributed by atoms with Gasteiger partial charge in [-0.1, -0.05) is 11.6 Å². The van der Waals surface area contributed by atoms with E-state index in [0.29, 0.717) is 11.6 Å². The van der Waals surface area contributed by atoms with E-state index in [1.54, 1.807) is 6.20 Å². The normalized spacial score (nSPS) is 10.8. The fourth-order valence-corrected chi connectivity index (χ4v) is 1.41. The maximum atomic E-state index is 5.93. The van der Waals surface area contributed by atoms with Crippen LogP contribution in [0.25, 0.3) is 10.9 Å². The summed E-state index contributed by atoms with van der Waals surface area (Å²) in [7, 11) is 0. The van der Waals surface area contributed by atoms with Crippen LogP contribution in [0.2, 0.25) is 5.02 Å². The summed E-state index contributed by atoms with van der Waals surface area (Å²) in [6.07, 6.45) is 1.75. The van der Waals surface area contributed by atoms with Gasteiger partial charge in [-0.15, -0.1) is 0 Å². The Morgan fingerprint density at radius 3 is 3.08 bits per heavy atom. The second kappa shape index (κ2) is 2.77. The first-order valence-corrected chi connectivity index (χ1v) is 4.00. The summed E-state index contributed by atoms with van der Waals surface area (Å²) in [5, 5.41) is 8.46. The van der Waals surface area contributed by atoms with Crippen molar-refractivity contribution in [1.29, 1.82) is 0 Å². The number of fused-ring (bicyclic) bond motifs is 1. The Labute approximate surface area is 74.5 Å². The minimum absolute atomic E-state index is 0.458. The minimum Gasteiger partial charge on any atom is -0.326 e. The largest absolute Gasteiger partial charge is 0.326 e. The zero-order valence-corrected chi connectivity index (χ0v) is 7.10. The Kier molecular flexibility index (Phi) is 1.75. The summed E-state index contributed by atoms with van der Waals surface area (Å²) < 4.78 is 0. The van der Waals surface area contributed by atoms with Crippen molar-refractivity contribution in [3.63, 3.8) is 0 Å². The number of nitrogens with zero attached hydrogens (tertiary/aromatic N) is 1. The van der Waals surface area contributed by atoms with E-state index < -0.39 is 0 Å². The molecule has 12 heavy (non-hydrogen) atoms. The lowest BCUT2D eigenvalue weighted by atomic mass is 10.1. The molecule has 0 spiro atoms. The summed E-state index contributed by atoms with van der Waals surface area (Å²) in [5.74, 6) is 0. The van der Waals surface area contributed by atoms with E-state index in [4.69, 9.17) is 17.3 Å². The van der Waals surface area contributed by atoms with Crippen molar-refractivity contribution in [2.75, 3.05) is 0 Å². The van der Waals surface area contributed by atoms with Crippen LogP contribution in [-0.4, -0.2) is 10.2 Å². The van der Waals surface area contributed by atoms with Gasteiger partial charge in [-0.3, -0.25) is 5.10 Å². The molecule has 3 N–H and O–H groups in total. The Morgan fingerprint density at radius 2 is 2.33 bits per heavy atom. The molecule has 0 radical (unpaired) electrons. The highest BCUT2D eigenvalue weighted by molar-refractivity contribution is 6.32. The summed E-state index contributed by atoms with van der Waals surface area (Å²) in [6, 6.07) is 3.78. The number of nitrogens with one attached hydrogen (secondary N) is 1. The number of nitrogens with two attached hydrogens (primary N) is 1. The van der Waals surface area contributed by atoms with Gasteiger partial charge in [0.2, 0.25) is 0 Å². The van der Waals surface area contributed by atoms with Gasteiger partial charge in [-0.05, 0) is 17.7 Å². The third kappa shape index (κ3) is 1.07. The highest BCUT2D eigenvalue weighted by Crippen LogP contribution is 2.21. The van der Waals surface area contributed by atoms with Gasteiger partial charge in [-0.2, -0.15) is 5.10 Å². The molecule has 1 heterocycles. The van der Waals surface area contributed by atoms with Crippen molar-refractivity contribution in [3.8, 4) is 0 Å². The smallest absolute Gasteiger partial charge is 0.0665 e. The molecule has 2 rings (SSSR count). The first-order valence-electron chi connectivity index (χ1n) is 3.63. The van der Waals surface area contributed by atoms with Gasteiger partial charge >= 0.3 is 0 Å². The predicted molar refractivity (Wildman–Crippen MR) is 49.0 cm³/mol. The molecule has 0 saturated heterocycles. The second-order valence-electron chi connectivity index (χ2n) is 2.60. The van der Waals surface area contributed by atoms with Crippen molar-refractivity contribution in [1.82, 2.24) is 10.2 Å². The van der Waals surface area contributed by atoms with Gasteiger partial charge in [0.05, 0.1) is 11.7 Å². The Morgan fingerprint density at radius 1 is 1.50 bits per heavy atom. The van der Waals surface area contributed by atoms with Gasteiger partial charge in [0, 0.05) is 17.0 Å². The van der Waals surface area contributed by atoms with Gasteiger partial charge in [0.1, 0.15) is 0 Å². The van der Waals surface area contributed by atoms with Crippen molar-refractivity contribution in [3.05, 3.63) is 28.9 Å². The van der Waals surface area contributed by atoms with E-state index in [1.807, 2.05) is 12.1 Å². The summed E-state index contributed by atoms with van der Waals surface area (Å²) in [4.78, 5) is 0. The van der Waals surface area contributed by atoms with Gasteiger partial charge in [0.15, 0.2) is 0 Å². The molecular weight excluding hydrogens is 174 g/mol. The molecule has 0 atom stereocenters. The molecule has 2 aromatic rings. The van der Waals surface area contributed by atoms with Crippen molar-refractivity contribution < 1.29 is 0 Å². The van der Waals surface area contributed by atoms with Crippen molar-refractivity contribution in [2.45, 2.75) is 6.54 Å². The van der Waals surface area contributed by atoms with Crippen LogP contribution >= 0.6 is 11.6 Å². The molecule has 0 fully saturated rings. The summed E-state index contributed by atoms with van der Waals surface area (Å²) in [5.41, 5.74) is 7.39. The fraction of sp³-hybridized carbons (Fsp3) is 0.125. The lowest BCUT2D eigenvalue weighted by Gasteiger charge is -1.99. The summed E-state index contributed by atoms with van der Waals surface area (Å²) in [6.45, 7) is 0.458. The molecule has 62 valence electrons. The molecule has 0 aliphatic heterocycles. The minimum atomic E-state index is 0.458. The Balaban J connectivity index is 2.73. The third-order valence-electron chi connectivity index (χ3n) is 1.83. The Bertz CT molecular complexity index is 408. The number of aromatic amines is 1. The van der Waals surface area contributed by atoms with E-state index in [0.717, 1.165) is 16.5 Å². The molecule has 1 aromatic carbocycles. The molecule has 0 saturated carbocycles. The summed E-state index contributed by atoms with van der Waals surface area (Å²) >= 11 is 5.93. The van der Waals surface area contributed by atoms with Gasteiger partial charge in [-0.25, -0.2) is 0 Å². The van der Waals surface area contributed by atoms with Crippen LogP contribution in [0.3, 0.4) is 0 Å². The molecule has 0 aliphatic carbocycles. The SMILES string of the molecule is NCc1cc2cn[nH]c2cc1Cl. The van der Waals surface area contributed by atoms with E-state index in [9.17, 15) is 0 Å². The number of hydrogen-bond donors (Lipinski definition) is 2. The van der Waals surface area contributed by atoms with Crippen LogP contribution in [0.4, 0.5) is 0 Å². The van der Waals surface area contributed by atoms with E-state index >= 15 is 0 Å². The molecular formula is C8H8ClN3. The number of rotatable bonds is 1. The maximum absolute atomic E-state index is 5.93. The monoisotopic (exact) mass is 181 g/mol. The van der Waals surface area contributed by atoms with Crippen LogP contribution in [0.1, 0.15) is 5.56 Å². The molecule has 0 amide bonds. The molecule has 0 unspecified atom stereocenters.